The average Bonchev–Trinajstić information content (AvgIpc) is 2.27. The Kier molecular flexibility index (Phi) is 9.86. The third-order valence-electron chi connectivity index (χ3n) is 2.36. The van der Waals surface area contributed by atoms with E-state index in [1.807, 2.05) is 27.7 Å². The highest BCUT2D eigenvalue weighted by atomic mass is 16.2. The molecule has 0 saturated carbocycles. The van der Waals surface area contributed by atoms with Crippen molar-refractivity contribution in [2.45, 2.75) is 53.6 Å². The van der Waals surface area contributed by atoms with Gasteiger partial charge in [0.1, 0.15) is 0 Å². The SMILES string of the molecule is C/C=C(\C)C(N)=O.C=CC(=O)N(C(C)C)C(C)C. The summed E-state index contributed by atoms with van der Waals surface area (Å²) in [7, 11) is 0. The fraction of sp³-hybridized carbons (Fsp3) is 0.571. The molecule has 0 aliphatic heterocycles. The first-order valence-corrected chi connectivity index (χ1v) is 6.06. The van der Waals surface area contributed by atoms with Crippen molar-refractivity contribution in [3.63, 3.8) is 0 Å². The van der Waals surface area contributed by atoms with Gasteiger partial charge in [-0.25, -0.2) is 0 Å². The van der Waals surface area contributed by atoms with E-state index in [0.717, 1.165) is 0 Å². The number of nitrogens with two attached hydrogens (primary N) is 1. The van der Waals surface area contributed by atoms with Gasteiger partial charge in [-0.05, 0) is 47.6 Å². The molecule has 4 nitrogen and oxygen atoms in total. The van der Waals surface area contributed by atoms with Crippen LogP contribution in [0.2, 0.25) is 0 Å². The minimum absolute atomic E-state index is 0.00926. The van der Waals surface area contributed by atoms with E-state index in [4.69, 9.17) is 5.73 Å². The Labute approximate surface area is 111 Å². The normalized spacial score (nSPS) is 10.8. The summed E-state index contributed by atoms with van der Waals surface area (Å²) in [5.41, 5.74) is 5.45. The molecule has 0 atom stereocenters. The van der Waals surface area contributed by atoms with Crippen LogP contribution in [0.1, 0.15) is 41.5 Å². The predicted molar refractivity (Wildman–Crippen MR) is 75.9 cm³/mol. The van der Waals surface area contributed by atoms with Crippen LogP contribution in [0, 0.1) is 0 Å². The minimum atomic E-state index is -0.345. The van der Waals surface area contributed by atoms with Crippen LogP contribution in [0.15, 0.2) is 24.3 Å². The third kappa shape index (κ3) is 7.65. The molecule has 0 aliphatic rings. The first kappa shape index (κ1) is 18.8. The number of hydrogen-bond acceptors (Lipinski definition) is 2. The van der Waals surface area contributed by atoms with E-state index in [1.165, 1.54) is 6.08 Å². The zero-order valence-corrected chi connectivity index (χ0v) is 12.4. The van der Waals surface area contributed by atoms with Gasteiger partial charge in [-0.3, -0.25) is 9.59 Å². The van der Waals surface area contributed by atoms with Gasteiger partial charge < -0.3 is 10.6 Å². The van der Waals surface area contributed by atoms with Gasteiger partial charge in [0.2, 0.25) is 11.8 Å². The van der Waals surface area contributed by atoms with Crippen molar-refractivity contribution in [2.24, 2.45) is 5.73 Å². The van der Waals surface area contributed by atoms with E-state index in [0.29, 0.717) is 5.57 Å². The molecule has 0 spiro atoms. The van der Waals surface area contributed by atoms with Crippen molar-refractivity contribution in [1.82, 2.24) is 4.90 Å². The molecule has 0 aromatic rings. The lowest BCUT2D eigenvalue weighted by molar-refractivity contribution is -0.129. The van der Waals surface area contributed by atoms with Crippen LogP contribution in [0.5, 0.6) is 0 Å². The topological polar surface area (TPSA) is 63.4 Å². The lowest BCUT2D eigenvalue weighted by Crippen LogP contribution is -2.40. The van der Waals surface area contributed by atoms with E-state index in [1.54, 1.807) is 24.8 Å². The highest BCUT2D eigenvalue weighted by Gasteiger charge is 2.16. The number of allylic oxidation sites excluding steroid dienone is 1. The Bertz CT molecular complexity index is 310. The molecule has 0 fully saturated rings. The largest absolute Gasteiger partial charge is 0.366 e. The summed E-state index contributed by atoms with van der Waals surface area (Å²) in [6.45, 7) is 14.9. The fourth-order valence-corrected chi connectivity index (χ4v) is 1.35. The summed E-state index contributed by atoms with van der Waals surface area (Å²) in [5, 5.41) is 0. The quantitative estimate of drug-likeness (QED) is 0.782. The van der Waals surface area contributed by atoms with Crippen LogP contribution in [0.25, 0.3) is 0 Å². The molecule has 0 aromatic carbocycles. The fourth-order valence-electron chi connectivity index (χ4n) is 1.35. The van der Waals surface area contributed by atoms with Crippen molar-refractivity contribution in [3.8, 4) is 0 Å². The molecule has 0 rings (SSSR count). The smallest absolute Gasteiger partial charge is 0.246 e. The van der Waals surface area contributed by atoms with Crippen molar-refractivity contribution in [3.05, 3.63) is 24.3 Å². The summed E-state index contributed by atoms with van der Waals surface area (Å²) in [5.74, 6) is -0.336. The molecular weight excluding hydrogens is 228 g/mol. The molecular formula is C14H26N2O2. The molecule has 0 aliphatic carbocycles. The van der Waals surface area contributed by atoms with Crippen LogP contribution in [-0.4, -0.2) is 28.8 Å². The van der Waals surface area contributed by atoms with Crippen LogP contribution in [-0.2, 0) is 9.59 Å². The average molecular weight is 254 g/mol. The summed E-state index contributed by atoms with van der Waals surface area (Å²) in [4.78, 5) is 23.1. The molecule has 0 unspecified atom stereocenters. The number of primary amides is 1. The van der Waals surface area contributed by atoms with Gasteiger partial charge in [0.25, 0.3) is 0 Å². The summed E-state index contributed by atoms with van der Waals surface area (Å²) in [6.07, 6.45) is 3.04. The van der Waals surface area contributed by atoms with Gasteiger partial charge in [0, 0.05) is 17.7 Å². The van der Waals surface area contributed by atoms with Crippen LogP contribution < -0.4 is 5.73 Å². The first-order valence-electron chi connectivity index (χ1n) is 6.06. The lowest BCUT2D eigenvalue weighted by atomic mass is 10.2. The molecule has 0 bridgehead atoms. The number of rotatable bonds is 4. The molecule has 4 heteroatoms. The zero-order valence-electron chi connectivity index (χ0n) is 12.4. The zero-order chi connectivity index (χ0) is 14.9. The second-order valence-corrected chi connectivity index (χ2v) is 4.47. The number of amides is 2. The van der Waals surface area contributed by atoms with Crippen LogP contribution >= 0.6 is 0 Å². The van der Waals surface area contributed by atoms with E-state index < -0.39 is 0 Å². The van der Waals surface area contributed by atoms with E-state index >= 15 is 0 Å². The van der Waals surface area contributed by atoms with Crippen molar-refractivity contribution in [1.29, 1.82) is 0 Å². The molecule has 18 heavy (non-hydrogen) atoms. The van der Waals surface area contributed by atoms with Crippen LogP contribution in [0.3, 0.4) is 0 Å². The molecule has 104 valence electrons. The van der Waals surface area contributed by atoms with E-state index in [2.05, 4.69) is 6.58 Å². The Balaban J connectivity index is 0. The number of carbonyl (C=O) groups excluding carboxylic acids is 2. The van der Waals surface area contributed by atoms with Gasteiger partial charge in [0.15, 0.2) is 0 Å². The van der Waals surface area contributed by atoms with Crippen molar-refractivity contribution < 1.29 is 9.59 Å². The van der Waals surface area contributed by atoms with Gasteiger partial charge in [-0.2, -0.15) is 0 Å². The lowest BCUT2D eigenvalue weighted by Gasteiger charge is -2.29. The summed E-state index contributed by atoms with van der Waals surface area (Å²) >= 11 is 0. The molecule has 0 saturated heterocycles. The minimum Gasteiger partial charge on any atom is -0.366 e. The standard InChI is InChI=1S/C9H17NO.C5H9NO/c1-6-9(11)10(7(2)3)8(4)5;1-3-4(2)5(6)7/h6-8H,1H2,2-5H3;3H,1-2H3,(H2,6,7)/b;4-3+. The van der Waals surface area contributed by atoms with Gasteiger partial charge >= 0.3 is 0 Å². The Hall–Kier alpha value is -1.58. The Morgan fingerprint density at radius 1 is 1.17 bits per heavy atom. The van der Waals surface area contributed by atoms with E-state index in [-0.39, 0.29) is 23.9 Å². The van der Waals surface area contributed by atoms with Gasteiger partial charge in [-0.15, -0.1) is 0 Å². The maximum absolute atomic E-state index is 11.2. The highest BCUT2D eigenvalue weighted by molar-refractivity contribution is 5.91. The van der Waals surface area contributed by atoms with Gasteiger partial charge in [0.05, 0.1) is 0 Å². The maximum Gasteiger partial charge on any atom is 0.246 e. The first-order chi connectivity index (χ1) is 8.18. The Morgan fingerprint density at radius 3 is 1.61 bits per heavy atom. The molecule has 0 aromatic heterocycles. The number of carbonyl (C=O) groups is 2. The third-order valence-corrected chi connectivity index (χ3v) is 2.36. The maximum atomic E-state index is 11.2. The molecule has 0 heterocycles. The second kappa shape index (κ2) is 9.45. The Morgan fingerprint density at radius 2 is 1.56 bits per heavy atom. The van der Waals surface area contributed by atoms with Gasteiger partial charge in [-0.1, -0.05) is 12.7 Å². The number of nitrogens with zero attached hydrogens (tertiary/aromatic N) is 1. The predicted octanol–water partition coefficient (Wildman–Crippen LogP) is 2.26. The van der Waals surface area contributed by atoms with Crippen molar-refractivity contribution in [2.75, 3.05) is 0 Å². The molecule has 2 N–H and O–H groups in total. The molecule has 0 radical (unpaired) electrons. The molecule has 2 amide bonds. The number of hydrogen-bond donors (Lipinski definition) is 1. The monoisotopic (exact) mass is 254 g/mol. The summed E-state index contributed by atoms with van der Waals surface area (Å²) in [6, 6.07) is 0.501. The summed E-state index contributed by atoms with van der Waals surface area (Å²) < 4.78 is 0. The highest BCUT2D eigenvalue weighted by Crippen LogP contribution is 2.05. The second-order valence-electron chi connectivity index (χ2n) is 4.47. The van der Waals surface area contributed by atoms with E-state index in [9.17, 15) is 9.59 Å². The van der Waals surface area contributed by atoms with Crippen molar-refractivity contribution >= 4 is 11.8 Å². The van der Waals surface area contributed by atoms with Crippen LogP contribution in [0.4, 0.5) is 0 Å².